The van der Waals surface area contributed by atoms with Gasteiger partial charge in [-0.15, -0.1) is 0 Å². The van der Waals surface area contributed by atoms with Crippen molar-refractivity contribution in [2.75, 3.05) is 6.61 Å². The van der Waals surface area contributed by atoms with Crippen molar-refractivity contribution in [1.29, 1.82) is 0 Å². The molecule has 6 nitrogen and oxygen atoms in total. The van der Waals surface area contributed by atoms with Crippen LogP contribution in [0.5, 0.6) is 0 Å². The molecule has 0 heterocycles. The number of allylic oxidation sites excluding steroid dienone is 1. The van der Waals surface area contributed by atoms with E-state index >= 15 is 0 Å². The van der Waals surface area contributed by atoms with Gasteiger partial charge in [-0.05, 0) is 55.4 Å². The summed E-state index contributed by atoms with van der Waals surface area (Å²) in [6.07, 6.45) is 5.66. The molecule has 0 aromatic rings. The van der Waals surface area contributed by atoms with Gasteiger partial charge >= 0.3 is 5.97 Å². The third-order valence-corrected chi connectivity index (χ3v) is 8.67. The average molecular weight is 402 g/mol. The zero-order chi connectivity index (χ0) is 21.2. The number of carbonyl (C=O) groups is 4. The van der Waals surface area contributed by atoms with E-state index in [4.69, 9.17) is 4.74 Å². The van der Waals surface area contributed by atoms with Crippen molar-refractivity contribution < 1.29 is 29.0 Å². The minimum atomic E-state index is -1.65. The molecule has 29 heavy (non-hydrogen) atoms. The normalized spacial score (nSPS) is 43.7. The quantitative estimate of drug-likeness (QED) is 0.729. The minimum absolute atomic E-state index is 0.0625. The Balaban J connectivity index is 1.66. The van der Waals surface area contributed by atoms with Crippen molar-refractivity contribution in [1.82, 2.24) is 0 Å². The van der Waals surface area contributed by atoms with Crippen molar-refractivity contribution in [3.8, 4) is 0 Å². The summed E-state index contributed by atoms with van der Waals surface area (Å²) in [4.78, 5) is 49.4. The summed E-state index contributed by atoms with van der Waals surface area (Å²) < 4.78 is 4.86. The fourth-order valence-corrected chi connectivity index (χ4v) is 7.13. The van der Waals surface area contributed by atoms with Gasteiger partial charge in [0.05, 0.1) is 0 Å². The Kier molecular flexibility index (Phi) is 4.65. The summed E-state index contributed by atoms with van der Waals surface area (Å²) in [5, 5.41) is 11.4. The first-order valence-corrected chi connectivity index (χ1v) is 10.7. The summed E-state index contributed by atoms with van der Waals surface area (Å²) >= 11 is 0. The fourth-order valence-electron chi connectivity index (χ4n) is 7.13. The number of aliphatic hydroxyl groups is 1. The Bertz CT molecular complexity index is 827. The summed E-state index contributed by atoms with van der Waals surface area (Å²) in [5.41, 5.74) is -1.68. The van der Waals surface area contributed by atoms with E-state index in [1.54, 1.807) is 6.08 Å². The maximum atomic E-state index is 13.5. The van der Waals surface area contributed by atoms with Crippen LogP contribution in [0.4, 0.5) is 0 Å². The van der Waals surface area contributed by atoms with Gasteiger partial charge in [0, 0.05) is 31.1 Å². The molecule has 0 bridgehead atoms. The molecule has 4 rings (SSSR count). The van der Waals surface area contributed by atoms with E-state index in [1.165, 1.54) is 6.92 Å². The molecule has 0 unspecified atom stereocenters. The molecule has 1 N–H and O–H groups in total. The minimum Gasteiger partial charge on any atom is -0.458 e. The van der Waals surface area contributed by atoms with E-state index in [0.29, 0.717) is 25.7 Å². The van der Waals surface area contributed by atoms with Crippen molar-refractivity contribution in [2.24, 2.45) is 28.6 Å². The Morgan fingerprint density at radius 3 is 2.59 bits per heavy atom. The number of rotatable bonds is 3. The lowest BCUT2D eigenvalue weighted by Crippen LogP contribution is -2.61. The number of carbonyl (C=O) groups excluding carboxylic acids is 4. The smallest absolute Gasteiger partial charge is 0.303 e. The number of Topliss-reactive ketones (excluding diaryl/α,β-unsaturated/α-hetero) is 2. The van der Waals surface area contributed by atoms with Crippen LogP contribution in [0.15, 0.2) is 11.6 Å². The van der Waals surface area contributed by atoms with Crippen molar-refractivity contribution in [3.05, 3.63) is 11.6 Å². The molecule has 6 atom stereocenters. The first-order valence-electron chi connectivity index (χ1n) is 10.7. The van der Waals surface area contributed by atoms with E-state index in [-0.39, 0.29) is 41.2 Å². The highest BCUT2D eigenvalue weighted by Gasteiger charge is 2.68. The summed E-state index contributed by atoms with van der Waals surface area (Å²) in [7, 11) is 0. The Morgan fingerprint density at radius 2 is 1.90 bits per heavy atom. The first-order chi connectivity index (χ1) is 13.5. The fraction of sp³-hybridized carbons (Fsp3) is 0.739. The standard InChI is InChI=1S/C23H30O6/c1-13(24)29-12-19(27)23(28)9-7-17-16-5-4-14-10-15(25)6-8-21(14,2)20(16)18(26)11-22(17,23)3/h10,16-17,20,28H,4-9,11-12H2,1-3H3/t16-,17-,20+,21+,22-,23-/m1/s1. The molecule has 3 fully saturated rings. The molecule has 0 aromatic heterocycles. The third kappa shape index (κ3) is 2.78. The molecule has 0 amide bonds. The lowest BCUT2D eigenvalue weighted by Gasteiger charge is -2.57. The molecule has 4 aliphatic rings. The van der Waals surface area contributed by atoms with Crippen LogP contribution in [0.25, 0.3) is 0 Å². The van der Waals surface area contributed by atoms with Gasteiger partial charge < -0.3 is 9.84 Å². The maximum Gasteiger partial charge on any atom is 0.303 e. The second-order valence-corrected chi connectivity index (χ2v) is 10.0. The van der Waals surface area contributed by atoms with Gasteiger partial charge in [0.15, 0.2) is 12.4 Å². The highest BCUT2D eigenvalue weighted by molar-refractivity contribution is 5.95. The Hall–Kier alpha value is -1.82. The molecule has 0 radical (unpaired) electrons. The van der Waals surface area contributed by atoms with E-state index in [9.17, 15) is 24.3 Å². The highest BCUT2D eigenvalue weighted by atomic mass is 16.5. The largest absolute Gasteiger partial charge is 0.458 e. The van der Waals surface area contributed by atoms with Gasteiger partial charge in [-0.2, -0.15) is 0 Å². The van der Waals surface area contributed by atoms with Gasteiger partial charge in [-0.1, -0.05) is 19.4 Å². The van der Waals surface area contributed by atoms with Crippen molar-refractivity contribution in [2.45, 2.75) is 71.3 Å². The number of ether oxygens (including phenoxy) is 1. The molecule has 0 spiro atoms. The van der Waals surface area contributed by atoms with Crippen LogP contribution in [0.1, 0.15) is 65.7 Å². The summed E-state index contributed by atoms with van der Waals surface area (Å²) in [6, 6.07) is 0. The second kappa shape index (κ2) is 6.59. The van der Waals surface area contributed by atoms with Gasteiger partial charge in [0.25, 0.3) is 0 Å². The van der Waals surface area contributed by atoms with Gasteiger partial charge in [-0.3, -0.25) is 19.2 Å². The van der Waals surface area contributed by atoms with E-state index < -0.39 is 29.4 Å². The van der Waals surface area contributed by atoms with Gasteiger partial charge in [0.1, 0.15) is 11.4 Å². The molecular formula is C23H30O6. The molecule has 0 aromatic carbocycles. The lowest BCUT2D eigenvalue weighted by atomic mass is 9.46. The van der Waals surface area contributed by atoms with Crippen molar-refractivity contribution >= 4 is 23.3 Å². The number of fused-ring (bicyclic) bond motifs is 5. The van der Waals surface area contributed by atoms with Crippen LogP contribution < -0.4 is 0 Å². The molecule has 0 aliphatic heterocycles. The van der Waals surface area contributed by atoms with E-state index in [0.717, 1.165) is 18.4 Å². The SMILES string of the molecule is CC(=O)OCC(=O)[C@]1(O)CC[C@@H]2[C@H]3CCC4=CC(=O)CC[C@]4(C)[C@@H]3C(=O)C[C@]21C. The number of esters is 1. The molecule has 0 saturated heterocycles. The predicted molar refractivity (Wildman–Crippen MR) is 104 cm³/mol. The maximum absolute atomic E-state index is 13.5. The monoisotopic (exact) mass is 402 g/mol. The average Bonchev–Trinajstić information content (AvgIpc) is 2.91. The van der Waals surface area contributed by atoms with Gasteiger partial charge in [0.2, 0.25) is 5.78 Å². The van der Waals surface area contributed by atoms with Crippen LogP contribution >= 0.6 is 0 Å². The molecule has 6 heteroatoms. The Labute approximate surface area is 171 Å². The molecule has 158 valence electrons. The zero-order valence-corrected chi connectivity index (χ0v) is 17.5. The van der Waals surface area contributed by atoms with Crippen LogP contribution in [0.3, 0.4) is 0 Å². The van der Waals surface area contributed by atoms with Crippen LogP contribution in [-0.4, -0.2) is 40.6 Å². The molecule has 4 aliphatic carbocycles. The molecular weight excluding hydrogens is 372 g/mol. The number of ketones is 3. The highest BCUT2D eigenvalue weighted by Crippen LogP contribution is 2.66. The number of hydrogen-bond donors (Lipinski definition) is 1. The summed E-state index contributed by atoms with van der Waals surface area (Å²) in [6.45, 7) is 4.76. The van der Waals surface area contributed by atoms with Gasteiger partial charge in [-0.25, -0.2) is 0 Å². The predicted octanol–water partition coefficient (Wildman–Crippen LogP) is 2.56. The van der Waals surface area contributed by atoms with Crippen LogP contribution in [-0.2, 0) is 23.9 Å². The zero-order valence-electron chi connectivity index (χ0n) is 17.5. The van der Waals surface area contributed by atoms with E-state index in [2.05, 4.69) is 6.92 Å². The molecule has 3 saturated carbocycles. The second-order valence-electron chi connectivity index (χ2n) is 10.0. The van der Waals surface area contributed by atoms with Crippen LogP contribution in [0, 0.1) is 28.6 Å². The van der Waals surface area contributed by atoms with Crippen molar-refractivity contribution in [3.63, 3.8) is 0 Å². The first kappa shape index (κ1) is 20.5. The number of hydrogen-bond acceptors (Lipinski definition) is 6. The summed E-state index contributed by atoms with van der Waals surface area (Å²) in [5.74, 6) is -0.811. The Morgan fingerprint density at radius 1 is 1.17 bits per heavy atom. The third-order valence-electron chi connectivity index (χ3n) is 8.67. The van der Waals surface area contributed by atoms with E-state index in [1.807, 2.05) is 6.92 Å². The lowest BCUT2D eigenvalue weighted by molar-refractivity contribution is -0.173. The van der Waals surface area contributed by atoms with Crippen LogP contribution in [0.2, 0.25) is 0 Å². The topological polar surface area (TPSA) is 97.7 Å².